The van der Waals surface area contributed by atoms with Crippen molar-refractivity contribution in [3.8, 4) is 0 Å². The molecular weight excluding hydrogens is 534 g/mol. The Kier molecular flexibility index (Phi) is 11.0. The second-order valence-corrected chi connectivity index (χ2v) is 8.41. The molecule has 2 atom stereocenters. The number of likely N-dealkylation sites (tertiary alicyclic amines) is 1. The van der Waals surface area contributed by atoms with E-state index in [2.05, 4.69) is 51.7 Å². The number of benzene rings is 1. The van der Waals surface area contributed by atoms with Gasteiger partial charge in [0.2, 0.25) is 0 Å². The SMILES string of the molecule is CCNC(=NCc1cccc(CN2CCOC(C)C2)c1)NC1CCN(CC(F)(F)F)C1.I. The smallest absolute Gasteiger partial charge is 0.376 e. The van der Waals surface area contributed by atoms with E-state index in [9.17, 15) is 13.2 Å². The predicted octanol–water partition coefficient (Wildman–Crippen LogP) is 3.22. The Balaban J connectivity index is 0.00000363. The normalized spacial score (nSPS) is 23.1. The van der Waals surface area contributed by atoms with Crippen molar-refractivity contribution in [3.05, 3.63) is 35.4 Å². The molecule has 2 unspecified atom stereocenters. The topological polar surface area (TPSA) is 52.1 Å². The lowest BCUT2D eigenvalue weighted by atomic mass is 10.1. The van der Waals surface area contributed by atoms with Gasteiger partial charge >= 0.3 is 6.18 Å². The Morgan fingerprint density at radius 1 is 1.19 bits per heavy atom. The van der Waals surface area contributed by atoms with E-state index >= 15 is 0 Å². The van der Waals surface area contributed by atoms with Crippen LogP contribution in [0.5, 0.6) is 0 Å². The number of ether oxygens (including phenoxy) is 1. The molecule has 6 nitrogen and oxygen atoms in total. The molecule has 0 aromatic heterocycles. The maximum atomic E-state index is 12.6. The minimum absolute atomic E-state index is 0. The number of nitrogens with zero attached hydrogens (tertiary/aromatic N) is 3. The highest BCUT2D eigenvalue weighted by Gasteiger charge is 2.34. The Morgan fingerprint density at radius 2 is 1.97 bits per heavy atom. The second kappa shape index (κ2) is 13.0. The van der Waals surface area contributed by atoms with Crippen LogP contribution in [0.3, 0.4) is 0 Å². The highest BCUT2D eigenvalue weighted by molar-refractivity contribution is 14.0. The number of halogens is 4. The molecule has 0 bridgehead atoms. The number of guanidine groups is 1. The Morgan fingerprint density at radius 3 is 2.69 bits per heavy atom. The fraction of sp³-hybridized carbons (Fsp3) is 0.682. The first-order valence-corrected chi connectivity index (χ1v) is 11.1. The molecule has 0 radical (unpaired) electrons. The zero-order valence-electron chi connectivity index (χ0n) is 18.8. The first-order valence-electron chi connectivity index (χ1n) is 11.1. The van der Waals surface area contributed by atoms with Crippen LogP contribution in [0.1, 0.15) is 31.4 Å². The summed E-state index contributed by atoms with van der Waals surface area (Å²) in [7, 11) is 0. The van der Waals surface area contributed by atoms with Crippen molar-refractivity contribution in [2.24, 2.45) is 4.99 Å². The summed E-state index contributed by atoms with van der Waals surface area (Å²) >= 11 is 0. The molecule has 0 saturated carbocycles. The molecule has 0 spiro atoms. The van der Waals surface area contributed by atoms with Crippen molar-refractivity contribution < 1.29 is 17.9 Å². The molecule has 10 heteroatoms. The quantitative estimate of drug-likeness (QED) is 0.300. The summed E-state index contributed by atoms with van der Waals surface area (Å²) in [6.07, 6.45) is -3.22. The van der Waals surface area contributed by atoms with Gasteiger partial charge in [-0.2, -0.15) is 13.2 Å². The largest absolute Gasteiger partial charge is 0.401 e. The van der Waals surface area contributed by atoms with Crippen LogP contribution in [-0.4, -0.2) is 80.0 Å². The average Bonchev–Trinajstić information content (AvgIpc) is 3.11. The van der Waals surface area contributed by atoms with Crippen molar-refractivity contribution in [3.63, 3.8) is 0 Å². The van der Waals surface area contributed by atoms with Gasteiger partial charge in [-0.1, -0.05) is 24.3 Å². The summed E-state index contributed by atoms with van der Waals surface area (Å²) in [5.74, 6) is 0.647. The maximum Gasteiger partial charge on any atom is 0.401 e. The van der Waals surface area contributed by atoms with E-state index in [0.717, 1.165) is 31.8 Å². The number of nitrogens with one attached hydrogen (secondary N) is 2. The number of hydrogen-bond acceptors (Lipinski definition) is 4. The summed E-state index contributed by atoms with van der Waals surface area (Å²) < 4.78 is 43.5. The van der Waals surface area contributed by atoms with Gasteiger partial charge in [-0.3, -0.25) is 9.80 Å². The second-order valence-electron chi connectivity index (χ2n) is 8.41. The molecule has 3 rings (SSSR count). The molecule has 1 aromatic carbocycles. The van der Waals surface area contributed by atoms with Crippen LogP contribution in [-0.2, 0) is 17.8 Å². The molecular formula is C22H35F3IN5O. The van der Waals surface area contributed by atoms with Crippen molar-refractivity contribution >= 4 is 29.9 Å². The van der Waals surface area contributed by atoms with Crippen LogP contribution in [0.4, 0.5) is 13.2 Å². The Bertz CT molecular complexity index is 734. The number of aliphatic imine (C=N–C) groups is 1. The number of alkyl halides is 3. The van der Waals surface area contributed by atoms with Crippen molar-refractivity contribution in [1.29, 1.82) is 0 Å². The van der Waals surface area contributed by atoms with E-state index in [-0.39, 0.29) is 36.1 Å². The molecule has 1 aromatic rings. The van der Waals surface area contributed by atoms with Crippen LogP contribution < -0.4 is 10.6 Å². The van der Waals surface area contributed by atoms with Gasteiger partial charge in [0, 0.05) is 45.3 Å². The minimum atomic E-state index is -4.16. The van der Waals surface area contributed by atoms with Gasteiger partial charge in [0.25, 0.3) is 0 Å². The first kappa shape index (κ1) is 27.1. The fourth-order valence-electron chi connectivity index (χ4n) is 4.15. The third-order valence-electron chi connectivity index (χ3n) is 5.50. The van der Waals surface area contributed by atoms with Crippen LogP contribution in [0.15, 0.2) is 29.3 Å². The highest BCUT2D eigenvalue weighted by Crippen LogP contribution is 2.20. The summed E-state index contributed by atoms with van der Waals surface area (Å²) in [5.41, 5.74) is 2.36. The third kappa shape index (κ3) is 9.40. The maximum absolute atomic E-state index is 12.6. The molecule has 2 aliphatic heterocycles. The van der Waals surface area contributed by atoms with Gasteiger partial charge in [-0.05, 0) is 31.4 Å². The van der Waals surface area contributed by atoms with Gasteiger partial charge in [0.1, 0.15) is 0 Å². The van der Waals surface area contributed by atoms with E-state index in [4.69, 9.17) is 4.74 Å². The van der Waals surface area contributed by atoms with Crippen LogP contribution in [0.25, 0.3) is 0 Å². The molecule has 0 amide bonds. The third-order valence-corrected chi connectivity index (χ3v) is 5.50. The lowest BCUT2D eigenvalue weighted by molar-refractivity contribution is -0.143. The van der Waals surface area contributed by atoms with E-state index in [1.807, 2.05) is 6.92 Å². The average molecular weight is 569 g/mol. The van der Waals surface area contributed by atoms with Gasteiger partial charge in [-0.25, -0.2) is 4.99 Å². The zero-order valence-corrected chi connectivity index (χ0v) is 21.2. The van der Waals surface area contributed by atoms with Crippen LogP contribution in [0, 0.1) is 0 Å². The number of hydrogen-bond donors (Lipinski definition) is 2. The highest BCUT2D eigenvalue weighted by atomic mass is 127. The van der Waals surface area contributed by atoms with E-state index in [1.54, 1.807) is 0 Å². The molecule has 2 fully saturated rings. The number of morpholine rings is 1. The van der Waals surface area contributed by atoms with Crippen molar-refractivity contribution in [2.75, 3.05) is 45.9 Å². The molecule has 2 saturated heterocycles. The summed E-state index contributed by atoms with van der Waals surface area (Å²) in [5, 5.41) is 6.50. The van der Waals surface area contributed by atoms with Gasteiger partial charge in [0.05, 0.1) is 25.8 Å². The summed E-state index contributed by atoms with van der Waals surface area (Å²) in [6, 6.07) is 8.38. The van der Waals surface area contributed by atoms with Gasteiger partial charge in [0.15, 0.2) is 5.96 Å². The summed E-state index contributed by atoms with van der Waals surface area (Å²) in [4.78, 5) is 8.51. The number of rotatable bonds is 7. The lowest BCUT2D eigenvalue weighted by Crippen LogP contribution is -2.45. The van der Waals surface area contributed by atoms with Crippen molar-refractivity contribution in [1.82, 2.24) is 20.4 Å². The molecule has 182 valence electrons. The first-order chi connectivity index (χ1) is 14.8. The monoisotopic (exact) mass is 569 g/mol. The van der Waals surface area contributed by atoms with Crippen molar-refractivity contribution in [2.45, 2.75) is 51.7 Å². The lowest BCUT2D eigenvalue weighted by Gasteiger charge is -2.31. The standard InChI is InChI=1S/C22H34F3N5O.HI/c1-3-26-21(28-20-7-8-30(15-20)16-22(23,24)25)27-12-18-5-4-6-19(11-18)14-29-9-10-31-17(2)13-29;/h4-6,11,17,20H,3,7-10,12-16H2,1-2H3,(H2,26,27,28);1H. The Hall–Kier alpha value is -1.11. The van der Waals surface area contributed by atoms with Gasteiger partial charge in [-0.15, -0.1) is 24.0 Å². The Labute approximate surface area is 206 Å². The van der Waals surface area contributed by atoms with E-state index in [0.29, 0.717) is 38.6 Å². The van der Waals surface area contributed by atoms with E-state index in [1.165, 1.54) is 10.5 Å². The molecule has 32 heavy (non-hydrogen) atoms. The van der Waals surface area contributed by atoms with E-state index < -0.39 is 12.7 Å². The molecule has 2 heterocycles. The molecule has 2 N–H and O–H groups in total. The molecule has 0 aliphatic carbocycles. The fourth-order valence-corrected chi connectivity index (χ4v) is 4.15. The van der Waals surface area contributed by atoms with Gasteiger partial charge < -0.3 is 15.4 Å². The summed E-state index contributed by atoms with van der Waals surface area (Å²) in [6.45, 7) is 8.78. The minimum Gasteiger partial charge on any atom is -0.376 e. The molecule has 2 aliphatic rings. The van der Waals surface area contributed by atoms with Crippen LogP contribution >= 0.6 is 24.0 Å². The predicted molar refractivity (Wildman–Crippen MR) is 131 cm³/mol. The van der Waals surface area contributed by atoms with Crippen LogP contribution in [0.2, 0.25) is 0 Å². The zero-order chi connectivity index (χ0) is 22.3.